The highest BCUT2D eigenvalue weighted by Crippen LogP contribution is 2.32. The zero-order valence-corrected chi connectivity index (χ0v) is 15.5. The van der Waals surface area contributed by atoms with Crippen molar-refractivity contribution in [1.82, 2.24) is 0 Å². The van der Waals surface area contributed by atoms with Gasteiger partial charge in [-0.3, -0.25) is 4.79 Å². The first kappa shape index (κ1) is 22.9. The molecule has 0 aliphatic heterocycles. The van der Waals surface area contributed by atoms with Crippen LogP contribution in [-0.2, 0) is 28.6 Å². The Morgan fingerprint density at radius 1 is 1.12 bits per heavy atom. The lowest BCUT2D eigenvalue weighted by atomic mass is 9.76. The van der Waals surface area contributed by atoms with Crippen LogP contribution in [0.1, 0.15) is 27.7 Å². The molecular formula is C18H22N2O6. The van der Waals surface area contributed by atoms with E-state index in [9.17, 15) is 24.9 Å². The average molecular weight is 362 g/mol. The number of methoxy groups -OCH3 is 1. The van der Waals surface area contributed by atoms with Gasteiger partial charge in [-0.05, 0) is 33.3 Å². The maximum absolute atomic E-state index is 12.4. The highest BCUT2D eigenvalue weighted by atomic mass is 16.5. The maximum Gasteiger partial charge on any atom is 0.333 e. The second-order valence-corrected chi connectivity index (χ2v) is 5.15. The Kier molecular flexibility index (Phi) is 9.39. The van der Waals surface area contributed by atoms with E-state index in [-0.39, 0.29) is 18.8 Å². The molecule has 8 heteroatoms. The zero-order valence-electron chi connectivity index (χ0n) is 15.5. The summed E-state index contributed by atoms with van der Waals surface area (Å²) in [6.45, 7) is 6.05. The van der Waals surface area contributed by atoms with Crippen molar-refractivity contribution in [3.8, 4) is 12.1 Å². The summed E-state index contributed by atoms with van der Waals surface area (Å²) in [7, 11) is 1.22. The van der Waals surface area contributed by atoms with Crippen LogP contribution in [0.25, 0.3) is 0 Å². The maximum atomic E-state index is 12.4. The van der Waals surface area contributed by atoms with Crippen molar-refractivity contribution in [2.75, 3.05) is 20.3 Å². The molecule has 0 saturated heterocycles. The zero-order chi connectivity index (χ0) is 20.3. The molecule has 0 aliphatic carbocycles. The van der Waals surface area contributed by atoms with Gasteiger partial charge < -0.3 is 14.2 Å². The van der Waals surface area contributed by atoms with Gasteiger partial charge in [-0.2, -0.15) is 10.5 Å². The molecule has 0 radical (unpaired) electrons. The molecule has 0 rings (SSSR count). The van der Waals surface area contributed by atoms with E-state index in [1.54, 1.807) is 19.1 Å². The molecule has 0 aromatic carbocycles. The molecule has 0 fully saturated rings. The Morgan fingerprint density at radius 3 is 2.12 bits per heavy atom. The molecule has 26 heavy (non-hydrogen) atoms. The van der Waals surface area contributed by atoms with E-state index in [1.807, 2.05) is 0 Å². The second kappa shape index (κ2) is 10.7. The smallest absolute Gasteiger partial charge is 0.333 e. The van der Waals surface area contributed by atoms with Crippen LogP contribution in [0.5, 0.6) is 0 Å². The highest BCUT2D eigenvalue weighted by molar-refractivity contribution is 5.92. The molecular weight excluding hydrogens is 340 g/mol. The molecule has 0 heterocycles. The quantitative estimate of drug-likeness (QED) is 0.277. The van der Waals surface area contributed by atoms with E-state index >= 15 is 0 Å². The fourth-order valence-electron chi connectivity index (χ4n) is 1.94. The van der Waals surface area contributed by atoms with Crippen LogP contribution in [0.4, 0.5) is 0 Å². The van der Waals surface area contributed by atoms with Crippen molar-refractivity contribution in [2.45, 2.75) is 27.7 Å². The number of nitriles is 2. The van der Waals surface area contributed by atoms with Gasteiger partial charge in [-0.25, -0.2) is 9.59 Å². The van der Waals surface area contributed by atoms with Crippen molar-refractivity contribution in [1.29, 1.82) is 10.5 Å². The summed E-state index contributed by atoms with van der Waals surface area (Å²) in [6.07, 6.45) is 2.38. The first-order chi connectivity index (χ1) is 12.2. The van der Waals surface area contributed by atoms with Gasteiger partial charge in [0.1, 0.15) is 0 Å². The van der Waals surface area contributed by atoms with Gasteiger partial charge in [-0.15, -0.1) is 0 Å². The molecule has 0 aromatic heterocycles. The minimum Gasteiger partial charge on any atom is -0.466 e. The first-order valence-corrected chi connectivity index (χ1v) is 7.85. The first-order valence-electron chi connectivity index (χ1n) is 7.85. The summed E-state index contributed by atoms with van der Waals surface area (Å²) in [5, 5.41) is 19.0. The Labute approximate surface area is 152 Å². The Balaban J connectivity index is 6.27. The van der Waals surface area contributed by atoms with Crippen LogP contribution >= 0.6 is 0 Å². The third-order valence-corrected chi connectivity index (χ3v) is 3.58. The van der Waals surface area contributed by atoms with Gasteiger partial charge >= 0.3 is 17.9 Å². The number of hydrogen-bond donors (Lipinski definition) is 0. The SMILES string of the molecule is CCOC(=O)C(C#N)C(C#N)(/C=C/C(C)=C(/C)C(=O)OC)C(=O)OCC. The molecule has 2 unspecified atom stereocenters. The van der Waals surface area contributed by atoms with E-state index in [0.29, 0.717) is 5.57 Å². The number of carbonyl (C=O) groups excluding carboxylic acids is 3. The summed E-state index contributed by atoms with van der Waals surface area (Å²) < 4.78 is 14.3. The van der Waals surface area contributed by atoms with Gasteiger partial charge in [0.25, 0.3) is 0 Å². The molecule has 0 saturated carbocycles. The Morgan fingerprint density at radius 2 is 1.69 bits per heavy atom. The van der Waals surface area contributed by atoms with E-state index in [2.05, 4.69) is 4.74 Å². The third kappa shape index (κ3) is 5.18. The molecule has 0 N–H and O–H groups in total. The fraction of sp³-hybridized carbons (Fsp3) is 0.500. The van der Waals surface area contributed by atoms with E-state index in [0.717, 1.165) is 6.08 Å². The van der Waals surface area contributed by atoms with Crippen LogP contribution in [0.3, 0.4) is 0 Å². The molecule has 140 valence electrons. The van der Waals surface area contributed by atoms with Crippen LogP contribution < -0.4 is 0 Å². The van der Waals surface area contributed by atoms with Crippen molar-refractivity contribution in [3.63, 3.8) is 0 Å². The molecule has 0 aliphatic rings. The highest BCUT2D eigenvalue weighted by Gasteiger charge is 2.51. The topological polar surface area (TPSA) is 126 Å². The van der Waals surface area contributed by atoms with Crippen LogP contribution in [0.15, 0.2) is 23.3 Å². The molecule has 2 atom stereocenters. The molecule has 0 bridgehead atoms. The molecule has 0 aromatic rings. The average Bonchev–Trinajstić information content (AvgIpc) is 2.63. The van der Waals surface area contributed by atoms with E-state index < -0.39 is 29.2 Å². The number of ether oxygens (including phenoxy) is 3. The van der Waals surface area contributed by atoms with Gasteiger partial charge in [0.05, 0.1) is 32.5 Å². The summed E-state index contributed by atoms with van der Waals surface area (Å²) in [4.78, 5) is 36.1. The lowest BCUT2D eigenvalue weighted by Gasteiger charge is -2.24. The molecule has 0 amide bonds. The minimum atomic E-state index is -2.21. The van der Waals surface area contributed by atoms with Gasteiger partial charge in [0.2, 0.25) is 0 Å². The summed E-state index contributed by atoms with van der Waals surface area (Å²) >= 11 is 0. The van der Waals surface area contributed by atoms with Crippen LogP contribution in [0.2, 0.25) is 0 Å². The van der Waals surface area contributed by atoms with Crippen molar-refractivity contribution >= 4 is 17.9 Å². The minimum absolute atomic E-state index is 0.0224. The lowest BCUT2D eigenvalue weighted by Crippen LogP contribution is -2.41. The second-order valence-electron chi connectivity index (χ2n) is 5.15. The van der Waals surface area contributed by atoms with Crippen LogP contribution in [0, 0.1) is 34.0 Å². The van der Waals surface area contributed by atoms with Gasteiger partial charge in [0, 0.05) is 5.57 Å². The van der Waals surface area contributed by atoms with Gasteiger partial charge in [0.15, 0.2) is 11.3 Å². The van der Waals surface area contributed by atoms with Crippen molar-refractivity contribution in [2.24, 2.45) is 11.3 Å². The molecule has 8 nitrogen and oxygen atoms in total. The summed E-state index contributed by atoms with van der Waals surface area (Å²) in [5.74, 6) is -4.38. The number of allylic oxidation sites excluding steroid dienone is 2. The third-order valence-electron chi connectivity index (χ3n) is 3.58. The normalized spacial score (nSPS) is 14.9. The number of hydrogen-bond acceptors (Lipinski definition) is 8. The monoisotopic (exact) mass is 362 g/mol. The lowest BCUT2D eigenvalue weighted by molar-refractivity contribution is -0.159. The van der Waals surface area contributed by atoms with Crippen molar-refractivity contribution < 1.29 is 28.6 Å². The number of carbonyl (C=O) groups is 3. The predicted molar refractivity (Wildman–Crippen MR) is 89.9 cm³/mol. The fourth-order valence-corrected chi connectivity index (χ4v) is 1.94. The summed E-state index contributed by atoms with van der Waals surface area (Å²) in [6, 6.07) is 3.35. The Hall–Kier alpha value is -3.13. The largest absolute Gasteiger partial charge is 0.466 e. The van der Waals surface area contributed by atoms with Gasteiger partial charge in [-0.1, -0.05) is 12.2 Å². The molecule has 0 spiro atoms. The van der Waals surface area contributed by atoms with Crippen molar-refractivity contribution in [3.05, 3.63) is 23.3 Å². The van der Waals surface area contributed by atoms with E-state index in [4.69, 9.17) is 9.47 Å². The number of nitrogens with zero attached hydrogens (tertiary/aromatic N) is 2. The summed E-state index contributed by atoms with van der Waals surface area (Å²) in [5.41, 5.74) is -1.58. The van der Waals surface area contributed by atoms with Crippen LogP contribution in [-0.4, -0.2) is 38.2 Å². The Bertz CT molecular complexity index is 695. The number of rotatable bonds is 8. The number of esters is 3. The predicted octanol–water partition coefficient (Wildman–Crippen LogP) is 1.83. The standard InChI is InChI=1S/C18H22N2O6/c1-6-25-16(22)14(10-19)18(11-20,17(23)26-7-2)9-8-12(3)13(4)15(21)24-5/h8-9,14H,6-7H2,1-5H3/b9-8+,13-12-. The van der Waals surface area contributed by atoms with E-state index in [1.165, 1.54) is 34.0 Å².